The van der Waals surface area contributed by atoms with Crippen LogP contribution in [0.2, 0.25) is 0 Å². The third kappa shape index (κ3) is 10.6. The van der Waals surface area contributed by atoms with Crippen molar-refractivity contribution in [3.8, 4) is 11.1 Å². The summed E-state index contributed by atoms with van der Waals surface area (Å²) in [6.07, 6.45) is 0. The van der Waals surface area contributed by atoms with Crippen molar-refractivity contribution in [3.05, 3.63) is 184 Å². The quantitative estimate of drug-likeness (QED) is 0.168. The SMILES string of the molecule is Cc1cc(C)c(C)c(-c2cc(C)cc(C)c2C)c1.Cc1cc(C)c(C)c(C(C)(C)c2cc(C)cc(C)c2C)c1.Cc1cc(C)c(C)c(Sc2cc(C)cc(C)c2C)c1. The van der Waals surface area contributed by atoms with Crippen molar-refractivity contribution in [2.45, 2.75) is 154 Å². The van der Waals surface area contributed by atoms with E-state index in [0.717, 1.165) is 0 Å². The Labute approximate surface area is 359 Å². The minimum Gasteiger partial charge on any atom is -0.0895 e. The Kier molecular flexibility index (Phi) is 15.0. The number of hydrogen-bond acceptors (Lipinski definition) is 1. The minimum atomic E-state index is 0.0295. The van der Waals surface area contributed by atoms with E-state index in [0.29, 0.717) is 0 Å². The zero-order chi connectivity index (χ0) is 43.5. The number of rotatable bonds is 5. The van der Waals surface area contributed by atoms with Crippen molar-refractivity contribution in [1.82, 2.24) is 0 Å². The van der Waals surface area contributed by atoms with Crippen molar-refractivity contribution < 1.29 is 0 Å². The lowest BCUT2D eigenvalue weighted by atomic mass is 9.72. The van der Waals surface area contributed by atoms with Gasteiger partial charge >= 0.3 is 0 Å². The van der Waals surface area contributed by atoms with Crippen LogP contribution in [-0.2, 0) is 5.41 Å². The summed E-state index contributed by atoms with van der Waals surface area (Å²) >= 11 is 1.90. The molecule has 0 saturated heterocycles. The van der Waals surface area contributed by atoms with E-state index in [4.69, 9.17) is 0 Å². The van der Waals surface area contributed by atoms with Crippen LogP contribution in [0.25, 0.3) is 11.1 Å². The maximum absolute atomic E-state index is 2.36. The predicted octanol–water partition coefficient (Wildman–Crippen LogP) is 16.8. The van der Waals surface area contributed by atoms with Gasteiger partial charge in [-0.3, -0.25) is 0 Å². The molecule has 0 radical (unpaired) electrons. The van der Waals surface area contributed by atoms with Crippen LogP contribution >= 0.6 is 11.8 Å². The largest absolute Gasteiger partial charge is 0.0895 e. The predicted molar refractivity (Wildman–Crippen MR) is 259 cm³/mol. The molecule has 0 unspecified atom stereocenters. The van der Waals surface area contributed by atoms with Crippen LogP contribution in [0, 0.1) is 125 Å². The van der Waals surface area contributed by atoms with Gasteiger partial charge in [0.1, 0.15) is 0 Å². The molecule has 58 heavy (non-hydrogen) atoms. The molecule has 6 aromatic rings. The molecule has 0 bridgehead atoms. The molecular formula is C57H72S. The topological polar surface area (TPSA) is 0 Å². The number of aryl methyl sites for hydroxylation is 12. The van der Waals surface area contributed by atoms with Gasteiger partial charge in [0, 0.05) is 15.2 Å². The molecule has 0 nitrogen and oxygen atoms in total. The maximum Gasteiger partial charge on any atom is 0.0156 e. The lowest BCUT2D eigenvalue weighted by molar-refractivity contribution is 0.628. The number of hydrogen-bond donors (Lipinski definition) is 0. The molecule has 6 aromatic carbocycles. The van der Waals surface area contributed by atoms with E-state index >= 15 is 0 Å². The Hall–Kier alpha value is -4.33. The smallest absolute Gasteiger partial charge is 0.0156 e. The van der Waals surface area contributed by atoms with Gasteiger partial charge < -0.3 is 0 Å². The second kappa shape index (κ2) is 18.7. The second-order valence-electron chi connectivity index (χ2n) is 18.2. The van der Waals surface area contributed by atoms with E-state index < -0.39 is 0 Å². The third-order valence-corrected chi connectivity index (χ3v) is 13.9. The molecule has 1 heteroatoms. The fourth-order valence-corrected chi connectivity index (χ4v) is 9.85. The van der Waals surface area contributed by atoms with Crippen LogP contribution < -0.4 is 0 Å². The molecule has 0 aliphatic rings. The fourth-order valence-electron chi connectivity index (χ4n) is 8.49. The molecule has 0 atom stereocenters. The summed E-state index contributed by atoms with van der Waals surface area (Å²) < 4.78 is 0. The summed E-state index contributed by atoms with van der Waals surface area (Å²) in [5, 5.41) is 0. The fraction of sp³-hybridized carbons (Fsp3) is 0.368. The maximum atomic E-state index is 2.36. The normalized spacial score (nSPS) is 11.2. The molecule has 306 valence electrons. The van der Waals surface area contributed by atoms with Crippen LogP contribution in [0.3, 0.4) is 0 Å². The molecule has 0 aliphatic heterocycles. The second-order valence-corrected chi connectivity index (χ2v) is 19.2. The third-order valence-electron chi connectivity index (χ3n) is 12.6. The van der Waals surface area contributed by atoms with E-state index in [2.05, 4.69) is 211 Å². The van der Waals surface area contributed by atoms with Crippen LogP contribution in [0.4, 0.5) is 0 Å². The zero-order valence-electron chi connectivity index (χ0n) is 39.8. The first kappa shape index (κ1) is 46.4. The Bertz CT molecular complexity index is 2300. The molecule has 0 aliphatic carbocycles. The van der Waals surface area contributed by atoms with Gasteiger partial charge in [0.25, 0.3) is 0 Å². The first-order valence-corrected chi connectivity index (χ1v) is 21.9. The van der Waals surface area contributed by atoms with Crippen LogP contribution in [0.1, 0.15) is 125 Å². The lowest BCUT2D eigenvalue weighted by Gasteiger charge is -2.31. The van der Waals surface area contributed by atoms with Gasteiger partial charge in [-0.05, 0) is 237 Å². The van der Waals surface area contributed by atoms with E-state index in [1.807, 2.05) is 11.8 Å². The molecule has 6 rings (SSSR count). The van der Waals surface area contributed by atoms with Gasteiger partial charge in [0.05, 0.1) is 0 Å². The summed E-state index contributed by atoms with van der Waals surface area (Å²) in [6.45, 7) is 44.4. The van der Waals surface area contributed by atoms with Crippen molar-refractivity contribution in [3.63, 3.8) is 0 Å². The van der Waals surface area contributed by atoms with E-state index in [1.165, 1.54) is 132 Å². The van der Waals surface area contributed by atoms with Crippen LogP contribution in [0.5, 0.6) is 0 Å². The first-order valence-electron chi connectivity index (χ1n) is 21.1. The Balaban J connectivity index is 0.000000193. The van der Waals surface area contributed by atoms with Gasteiger partial charge in [-0.15, -0.1) is 0 Å². The van der Waals surface area contributed by atoms with Crippen molar-refractivity contribution in [2.24, 2.45) is 0 Å². The highest BCUT2D eigenvalue weighted by Gasteiger charge is 2.28. The van der Waals surface area contributed by atoms with Crippen molar-refractivity contribution >= 4 is 11.8 Å². The van der Waals surface area contributed by atoms with Crippen molar-refractivity contribution in [1.29, 1.82) is 0 Å². The highest BCUT2D eigenvalue weighted by molar-refractivity contribution is 7.99. The average Bonchev–Trinajstić information content (AvgIpc) is 3.12. The number of benzene rings is 6. The van der Waals surface area contributed by atoms with Crippen LogP contribution in [-0.4, -0.2) is 0 Å². The summed E-state index contributed by atoms with van der Waals surface area (Å²) in [4.78, 5) is 2.76. The van der Waals surface area contributed by atoms with E-state index in [9.17, 15) is 0 Å². The average molecular weight is 789 g/mol. The summed E-state index contributed by atoms with van der Waals surface area (Å²) in [5.74, 6) is 0. The van der Waals surface area contributed by atoms with Crippen LogP contribution in [0.15, 0.2) is 82.6 Å². The molecule has 0 N–H and O–H groups in total. The molecule has 0 amide bonds. The lowest BCUT2D eigenvalue weighted by Crippen LogP contribution is -2.23. The monoisotopic (exact) mass is 789 g/mol. The highest BCUT2D eigenvalue weighted by atomic mass is 32.2. The Morgan fingerprint density at radius 2 is 0.517 bits per heavy atom. The Morgan fingerprint density at radius 1 is 0.276 bits per heavy atom. The van der Waals surface area contributed by atoms with Gasteiger partial charge in [-0.1, -0.05) is 109 Å². The first-order chi connectivity index (χ1) is 26.9. The summed E-state index contributed by atoms with van der Waals surface area (Å²) in [5.41, 5.74) is 30.5. The minimum absolute atomic E-state index is 0.0295. The summed E-state index contributed by atoms with van der Waals surface area (Å²) in [6, 6.07) is 27.5. The molecule has 0 spiro atoms. The molecule has 0 aromatic heterocycles. The van der Waals surface area contributed by atoms with Gasteiger partial charge in [0.2, 0.25) is 0 Å². The van der Waals surface area contributed by atoms with Crippen molar-refractivity contribution in [2.75, 3.05) is 0 Å². The Morgan fingerprint density at radius 3 is 0.828 bits per heavy atom. The van der Waals surface area contributed by atoms with Gasteiger partial charge in [-0.25, -0.2) is 0 Å². The molecule has 0 heterocycles. The zero-order valence-corrected chi connectivity index (χ0v) is 40.7. The highest BCUT2D eigenvalue weighted by Crippen LogP contribution is 2.39. The van der Waals surface area contributed by atoms with Gasteiger partial charge in [-0.2, -0.15) is 0 Å². The standard InChI is InChI=1S/C21H28.C18H22S.C18H22/c1-13-9-15(3)17(5)19(11-13)21(7,8)20-12-14(2)10-16(4)18(20)6;1-11-7-13(3)15(5)17(9-11)19-18-10-12(2)8-14(4)16(18)6;1-11-7-13(3)15(5)17(9-11)18-10-12(2)8-14(4)16(18)6/h9-12H,1-8H3;7-10H,1-6H3;7-10H,1-6H3. The van der Waals surface area contributed by atoms with E-state index in [-0.39, 0.29) is 5.41 Å². The molecular weight excluding hydrogens is 717 g/mol. The molecule has 0 fully saturated rings. The molecule has 0 saturated carbocycles. The van der Waals surface area contributed by atoms with Gasteiger partial charge in [0.15, 0.2) is 0 Å². The van der Waals surface area contributed by atoms with E-state index in [1.54, 1.807) is 0 Å². The summed E-state index contributed by atoms with van der Waals surface area (Å²) in [7, 11) is 0.